The highest BCUT2D eigenvalue weighted by molar-refractivity contribution is 5.54. The first-order valence-electron chi connectivity index (χ1n) is 6.78. The van der Waals surface area contributed by atoms with Crippen molar-refractivity contribution in [3.8, 4) is 0 Å². The number of hydrogen-bond donors (Lipinski definition) is 0. The smallest absolute Gasteiger partial charge is 0.123 e. The highest BCUT2D eigenvalue weighted by atomic mass is 16.1. The molecule has 0 aromatic heterocycles. The van der Waals surface area contributed by atoms with Gasteiger partial charge in [-0.2, -0.15) is 0 Å². The molecule has 90 valence electrons. The van der Waals surface area contributed by atoms with Gasteiger partial charge in [0.2, 0.25) is 0 Å². The third kappa shape index (κ3) is 1.64. The molecule has 0 aliphatic heterocycles. The lowest BCUT2D eigenvalue weighted by Crippen LogP contribution is -2.41. The fourth-order valence-electron chi connectivity index (χ4n) is 3.97. The van der Waals surface area contributed by atoms with Gasteiger partial charge in [-0.15, -0.1) is 0 Å². The zero-order valence-corrected chi connectivity index (χ0v) is 10.5. The van der Waals surface area contributed by atoms with Crippen LogP contribution < -0.4 is 0 Å². The molecule has 1 fully saturated rings. The van der Waals surface area contributed by atoms with Crippen molar-refractivity contribution in [1.29, 1.82) is 0 Å². The van der Waals surface area contributed by atoms with Crippen LogP contribution in [0.2, 0.25) is 0 Å². The number of fused-ring (bicyclic) bond motifs is 3. The maximum absolute atomic E-state index is 11.0. The van der Waals surface area contributed by atoms with Crippen molar-refractivity contribution in [3.63, 3.8) is 0 Å². The predicted molar refractivity (Wildman–Crippen MR) is 69.0 cm³/mol. The lowest BCUT2D eigenvalue weighted by molar-refractivity contribution is -0.113. The summed E-state index contributed by atoms with van der Waals surface area (Å²) in [6, 6.07) is 8.91. The minimum Gasteiger partial charge on any atom is -0.303 e. The highest BCUT2D eigenvalue weighted by Gasteiger charge is 2.43. The number of benzene rings is 1. The van der Waals surface area contributed by atoms with Gasteiger partial charge in [-0.1, -0.05) is 31.2 Å². The molecule has 0 radical (unpaired) electrons. The van der Waals surface area contributed by atoms with Gasteiger partial charge in [-0.3, -0.25) is 0 Å². The van der Waals surface area contributed by atoms with E-state index in [-0.39, 0.29) is 0 Å². The standard InChI is InChI=1S/C16H20O/c1-16-9-8-12(11-17)10-14(16)7-6-13-4-2-3-5-15(13)16/h2-5,11-12,14H,6-10H2,1H3/t12?,14-,16-/m0/s1. The largest absolute Gasteiger partial charge is 0.303 e. The maximum atomic E-state index is 11.0. The van der Waals surface area contributed by atoms with E-state index in [1.54, 1.807) is 5.56 Å². The number of aldehydes is 1. The van der Waals surface area contributed by atoms with Gasteiger partial charge in [-0.25, -0.2) is 0 Å². The van der Waals surface area contributed by atoms with Gasteiger partial charge in [0.15, 0.2) is 0 Å². The Morgan fingerprint density at radius 1 is 1.29 bits per heavy atom. The molecule has 1 saturated carbocycles. The number of rotatable bonds is 1. The molecule has 1 aromatic rings. The molecular weight excluding hydrogens is 208 g/mol. The molecule has 0 heterocycles. The van der Waals surface area contributed by atoms with Crippen molar-refractivity contribution in [1.82, 2.24) is 0 Å². The first-order valence-corrected chi connectivity index (χ1v) is 6.78. The van der Waals surface area contributed by atoms with E-state index in [0.29, 0.717) is 17.3 Å². The topological polar surface area (TPSA) is 17.1 Å². The minimum atomic E-state index is 0.318. The lowest BCUT2D eigenvalue weighted by atomic mass is 9.56. The van der Waals surface area contributed by atoms with Crippen LogP contribution in [-0.2, 0) is 16.6 Å². The van der Waals surface area contributed by atoms with Crippen LogP contribution in [0.5, 0.6) is 0 Å². The van der Waals surface area contributed by atoms with Crippen LogP contribution in [0.25, 0.3) is 0 Å². The summed E-state index contributed by atoms with van der Waals surface area (Å²) in [6.45, 7) is 2.41. The van der Waals surface area contributed by atoms with Gasteiger partial charge < -0.3 is 4.79 Å². The second-order valence-corrected chi connectivity index (χ2v) is 5.98. The molecule has 1 unspecified atom stereocenters. The Bertz CT molecular complexity index is 437. The molecule has 3 rings (SSSR count). The summed E-state index contributed by atoms with van der Waals surface area (Å²) in [5.41, 5.74) is 3.42. The van der Waals surface area contributed by atoms with E-state index in [4.69, 9.17) is 0 Å². The Morgan fingerprint density at radius 3 is 2.94 bits per heavy atom. The SMILES string of the molecule is C[C@]12CCC(C=O)C[C@@H]1CCc1ccccc12. The Hall–Kier alpha value is -1.11. The van der Waals surface area contributed by atoms with Gasteiger partial charge in [0.1, 0.15) is 6.29 Å². The molecule has 0 N–H and O–H groups in total. The summed E-state index contributed by atoms with van der Waals surface area (Å²) in [5.74, 6) is 1.03. The van der Waals surface area contributed by atoms with Crippen LogP contribution in [0, 0.1) is 11.8 Å². The fraction of sp³-hybridized carbons (Fsp3) is 0.562. The zero-order valence-electron chi connectivity index (χ0n) is 10.5. The summed E-state index contributed by atoms with van der Waals surface area (Å²) in [7, 11) is 0. The van der Waals surface area contributed by atoms with E-state index in [9.17, 15) is 4.79 Å². The first kappa shape index (κ1) is 11.0. The number of carbonyl (C=O) groups is 1. The zero-order chi connectivity index (χ0) is 11.9. The summed E-state index contributed by atoms with van der Waals surface area (Å²) in [6.07, 6.45) is 7.00. The van der Waals surface area contributed by atoms with Gasteiger partial charge in [-0.05, 0) is 54.6 Å². The van der Waals surface area contributed by atoms with E-state index in [0.717, 1.165) is 12.8 Å². The summed E-state index contributed by atoms with van der Waals surface area (Å²) in [5, 5.41) is 0. The lowest BCUT2D eigenvalue weighted by Gasteiger charge is -2.48. The van der Waals surface area contributed by atoms with E-state index in [2.05, 4.69) is 31.2 Å². The molecule has 0 amide bonds. The quantitative estimate of drug-likeness (QED) is 0.672. The molecule has 3 atom stereocenters. The molecular formula is C16H20O. The van der Waals surface area contributed by atoms with E-state index in [1.165, 1.54) is 31.1 Å². The first-order chi connectivity index (χ1) is 8.24. The number of hydrogen-bond acceptors (Lipinski definition) is 1. The van der Waals surface area contributed by atoms with Crippen LogP contribution in [0.1, 0.15) is 43.7 Å². The van der Waals surface area contributed by atoms with Crippen LogP contribution >= 0.6 is 0 Å². The van der Waals surface area contributed by atoms with Crippen molar-refractivity contribution in [2.75, 3.05) is 0 Å². The molecule has 2 aliphatic rings. The fourth-order valence-corrected chi connectivity index (χ4v) is 3.97. The van der Waals surface area contributed by atoms with Crippen LogP contribution in [0.15, 0.2) is 24.3 Å². The molecule has 1 heteroatoms. The normalized spacial score (nSPS) is 35.8. The third-order valence-electron chi connectivity index (χ3n) is 5.11. The Morgan fingerprint density at radius 2 is 2.12 bits per heavy atom. The van der Waals surface area contributed by atoms with Gasteiger partial charge in [0, 0.05) is 5.92 Å². The van der Waals surface area contributed by atoms with E-state index in [1.807, 2.05) is 0 Å². The average Bonchev–Trinajstić information content (AvgIpc) is 2.38. The van der Waals surface area contributed by atoms with Crippen molar-refractivity contribution >= 4 is 6.29 Å². The van der Waals surface area contributed by atoms with Gasteiger partial charge in [0.25, 0.3) is 0 Å². The molecule has 2 aliphatic carbocycles. The second-order valence-electron chi connectivity index (χ2n) is 5.98. The van der Waals surface area contributed by atoms with Crippen LogP contribution in [-0.4, -0.2) is 6.29 Å². The Labute approximate surface area is 103 Å². The average molecular weight is 228 g/mol. The monoisotopic (exact) mass is 228 g/mol. The Kier molecular flexibility index (Phi) is 2.57. The van der Waals surface area contributed by atoms with Crippen molar-refractivity contribution in [3.05, 3.63) is 35.4 Å². The molecule has 0 saturated heterocycles. The molecule has 0 bridgehead atoms. The minimum absolute atomic E-state index is 0.318. The molecule has 17 heavy (non-hydrogen) atoms. The van der Waals surface area contributed by atoms with Crippen molar-refractivity contribution in [2.45, 2.75) is 44.4 Å². The summed E-state index contributed by atoms with van der Waals surface area (Å²) in [4.78, 5) is 11.0. The molecule has 1 nitrogen and oxygen atoms in total. The van der Waals surface area contributed by atoms with Crippen LogP contribution in [0.4, 0.5) is 0 Å². The van der Waals surface area contributed by atoms with Crippen molar-refractivity contribution < 1.29 is 4.79 Å². The van der Waals surface area contributed by atoms with Crippen molar-refractivity contribution in [2.24, 2.45) is 11.8 Å². The summed E-state index contributed by atoms with van der Waals surface area (Å²) < 4.78 is 0. The van der Waals surface area contributed by atoms with Gasteiger partial charge in [0.05, 0.1) is 0 Å². The van der Waals surface area contributed by atoms with Crippen LogP contribution in [0.3, 0.4) is 0 Å². The Balaban J connectivity index is 1.99. The number of aryl methyl sites for hydroxylation is 1. The highest BCUT2D eigenvalue weighted by Crippen LogP contribution is 2.50. The van der Waals surface area contributed by atoms with E-state index < -0.39 is 0 Å². The number of carbonyl (C=O) groups excluding carboxylic acids is 1. The maximum Gasteiger partial charge on any atom is 0.123 e. The molecule has 1 aromatic carbocycles. The third-order valence-corrected chi connectivity index (χ3v) is 5.11. The second kappa shape index (κ2) is 3.97. The van der Waals surface area contributed by atoms with Gasteiger partial charge >= 0.3 is 0 Å². The molecule has 0 spiro atoms. The van der Waals surface area contributed by atoms with E-state index >= 15 is 0 Å². The summed E-state index contributed by atoms with van der Waals surface area (Å²) >= 11 is 0. The predicted octanol–water partition coefficient (Wildman–Crippen LogP) is 3.51.